The van der Waals surface area contributed by atoms with Gasteiger partial charge in [0, 0.05) is 19.6 Å². The molecule has 1 fully saturated rings. The molecule has 1 aliphatic heterocycles. The van der Waals surface area contributed by atoms with E-state index in [1.165, 1.54) is 4.31 Å². The van der Waals surface area contributed by atoms with E-state index >= 15 is 0 Å². The summed E-state index contributed by atoms with van der Waals surface area (Å²) in [6, 6.07) is 0. The van der Waals surface area contributed by atoms with Crippen LogP contribution in [-0.2, 0) is 14.9 Å². The Kier molecular flexibility index (Phi) is 6.98. The van der Waals surface area contributed by atoms with Crippen LogP contribution in [0.4, 0.5) is 0 Å². The molecule has 1 rings (SSSR count). The van der Waals surface area contributed by atoms with Gasteiger partial charge in [-0.1, -0.05) is 12.8 Å². The number of nitrogens with zero attached hydrogens (tertiary/aromatic N) is 1. The van der Waals surface area contributed by atoms with E-state index in [0.717, 1.165) is 25.7 Å². The maximum atomic E-state index is 11.9. The zero-order valence-corrected chi connectivity index (χ0v) is 10.9. The Bertz CT molecular complexity index is 287. The third kappa shape index (κ3) is 5.78. The Hall–Kier alpha value is -0.210. The zero-order chi connectivity index (χ0) is 12.6. The zero-order valence-electron chi connectivity index (χ0n) is 10.1. The molecule has 1 heterocycles. The monoisotopic (exact) mass is 266 g/mol. The standard InChI is InChI=1S/C10H22N2O4S/c13-8-10-16-9-5-11-17(14,15)12-6-3-1-2-4-7-12/h11,13H,1-10H2. The van der Waals surface area contributed by atoms with Crippen molar-refractivity contribution >= 4 is 10.2 Å². The smallest absolute Gasteiger partial charge is 0.279 e. The van der Waals surface area contributed by atoms with Crippen LogP contribution < -0.4 is 4.72 Å². The number of hydrogen-bond acceptors (Lipinski definition) is 4. The van der Waals surface area contributed by atoms with E-state index < -0.39 is 10.2 Å². The molecule has 1 saturated heterocycles. The van der Waals surface area contributed by atoms with Gasteiger partial charge in [-0.2, -0.15) is 17.4 Å². The minimum Gasteiger partial charge on any atom is -0.394 e. The number of nitrogens with one attached hydrogen (secondary N) is 1. The van der Waals surface area contributed by atoms with Crippen molar-refractivity contribution in [2.75, 3.05) is 39.5 Å². The summed E-state index contributed by atoms with van der Waals surface area (Å²) in [7, 11) is -3.35. The normalized spacial score (nSPS) is 19.1. The van der Waals surface area contributed by atoms with E-state index in [4.69, 9.17) is 9.84 Å². The number of aliphatic hydroxyl groups is 1. The number of hydrogen-bond donors (Lipinski definition) is 2. The fourth-order valence-electron chi connectivity index (χ4n) is 1.78. The second kappa shape index (κ2) is 7.99. The van der Waals surface area contributed by atoms with Crippen molar-refractivity contribution in [3.63, 3.8) is 0 Å². The summed E-state index contributed by atoms with van der Waals surface area (Å²) >= 11 is 0. The van der Waals surface area contributed by atoms with Crippen LogP contribution in [0.2, 0.25) is 0 Å². The molecule has 0 amide bonds. The molecule has 0 aromatic heterocycles. The van der Waals surface area contributed by atoms with Gasteiger partial charge in [-0.3, -0.25) is 0 Å². The first-order valence-electron chi connectivity index (χ1n) is 6.10. The van der Waals surface area contributed by atoms with E-state index in [1.54, 1.807) is 0 Å². The fraction of sp³-hybridized carbons (Fsp3) is 1.00. The summed E-state index contributed by atoms with van der Waals surface area (Å²) in [5.41, 5.74) is 0. The third-order valence-electron chi connectivity index (χ3n) is 2.67. The number of rotatable bonds is 7. The minimum absolute atomic E-state index is 0.0428. The summed E-state index contributed by atoms with van der Waals surface area (Å²) < 4.78 is 32.8. The van der Waals surface area contributed by atoms with Crippen LogP contribution in [0.15, 0.2) is 0 Å². The van der Waals surface area contributed by atoms with Gasteiger partial charge in [0.05, 0.1) is 19.8 Å². The molecule has 0 aromatic rings. The molecule has 2 N–H and O–H groups in total. The van der Waals surface area contributed by atoms with E-state index in [9.17, 15) is 8.42 Å². The lowest BCUT2D eigenvalue weighted by Crippen LogP contribution is -2.42. The third-order valence-corrected chi connectivity index (χ3v) is 4.29. The molecular weight excluding hydrogens is 244 g/mol. The van der Waals surface area contributed by atoms with Crippen molar-refractivity contribution in [3.05, 3.63) is 0 Å². The van der Waals surface area contributed by atoms with Gasteiger partial charge < -0.3 is 9.84 Å². The molecule has 0 spiro atoms. The van der Waals surface area contributed by atoms with Crippen molar-refractivity contribution < 1.29 is 18.3 Å². The van der Waals surface area contributed by atoms with E-state index in [0.29, 0.717) is 13.1 Å². The Morgan fingerprint density at radius 1 is 1.12 bits per heavy atom. The number of ether oxygens (including phenoxy) is 1. The van der Waals surface area contributed by atoms with Crippen LogP contribution in [0, 0.1) is 0 Å². The minimum atomic E-state index is -3.35. The van der Waals surface area contributed by atoms with Crippen LogP contribution in [0.25, 0.3) is 0 Å². The van der Waals surface area contributed by atoms with Crippen LogP contribution in [0.3, 0.4) is 0 Å². The molecule has 6 nitrogen and oxygen atoms in total. The lowest BCUT2D eigenvalue weighted by atomic mass is 10.2. The molecule has 0 atom stereocenters. The second-order valence-electron chi connectivity index (χ2n) is 4.05. The average molecular weight is 266 g/mol. The highest BCUT2D eigenvalue weighted by atomic mass is 32.2. The SMILES string of the molecule is O=S(=O)(NCCOCCO)N1CCCCCC1. The van der Waals surface area contributed by atoms with Crippen molar-refractivity contribution in [3.8, 4) is 0 Å². The van der Waals surface area contributed by atoms with Crippen molar-refractivity contribution in [2.45, 2.75) is 25.7 Å². The Morgan fingerprint density at radius 3 is 2.35 bits per heavy atom. The van der Waals surface area contributed by atoms with Crippen molar-refractivity contribution in [1.29, 1.82) is 0 Å². The van der Waals surface area contributed by atoms with E-state index in [-0.39, 0.29) is 26.4 Å². The molecule has 0 aromatic carbocycles. The first kappa shape index (κ1) is 14.8. The Morgan fingerprint density at radius 2 is 1.76 bits per heavy atom. The Labute approximate surface area is 103 Å². The lowest BCUT2D eigenvalue weighted by Gasteiger charge is -2.20. The summed E-state index contributed by atoms with van der Waals surface area (Å²) in [5.74, 6) is 0. The van der Waals surface area contributed by atoms with Gasteiger partial charge in [0.25, 0.3) is 10.2 Å². The van der Waals surface area contributed by atoms with Gasteiger partial charge >= 0.3 is 0 Å². The average Bonchev–Trinajstić information content (AvgIpc) is 2.57. The van der Waals surface area contributed by atoms with Crippen molar-refractivity contribution in [1.82, 2.24) is 9.03 Å². The molecule has 17 heavy (non-hydrogen) atoms. The lowest BCUT2D eigenvalue weighted by molar-refractivity contribution is 0.0959. The van der Waals surface area contributed by atoms with Gasteiger partial charge in [0.15, 0.2) is 0 Å². The van der Waals surface area contributed by atoms with Crippen LogP contribution in [-0.4, -0.2) is 57.3 Å². The second-order valence-corrected chi connectivity index (χ2v) is 5.80. The van der Waals surface area contributed by atoms with Gasteiger partial charge in [-0.05, 0) is 12.8 Å². The van der Waals surface area contributed by atoms with Gasteiger partial charge in [0.1, 0.15) is 0 Å². The molecule has 0 bridgehead atoms. The van der Waals surface area contributed by atoms with E-state index in [1.807, 2.05) is 0 Å². The maximum Gasteiger partial charge on any atom is 0.279 e. The molecule has 1 aliphatic rings. The first-order valence-corrected chi connectivity index (χ1v) is 7.54. The quantitative estimate of drug-likeness (QED) is 0.620. The van der Waals surface area contributed by atoms with Crippen LogP contribution >= 0.6 is 0 Å². The molecule has 0 aliphatic carbocycles. The van der Waals surface area contributed by atoms with E-state index in [2.05, 4.69) is 4.72 Å². The predicted molar refractivity (Wildman–Crippen MR) is 64.9 cm³/mol. The molecule has 0 saturated carbocycles. The molecule has 7 heteroatoms. The van der Waals surface area contributed by atoms with Crippen LogP contribution in [0.1, 0.15) is 25.7 Å². The summed E-state index contributed by atoms with van der Waals surface area (Å²) in [6.07, 6.45) is 4.07. The summed E-state index contributed by atoms with van der Waals surface area (Å²) in [6.45, 7) is 1.94. The largest absolute Gasteiger partial charge is 0.394 e. The number of aliphatic hydroxyl groups excluding tert-OH is 1. The molecule has 0 radical (unpaired) electrons. The predicted octanol–water partition coefficient (Wildman–Crippen LogP) is -0.294. The van der Waals surface area contributed by atoms with Gasteiger partial charge in [0.2, 0.25) is 0 Å². The first-order chi connectivity index (χ1) is 8.17. The van der Waals surface area contributed by atoms with Crippen LogP contribution in [0.5, 0.6) is 0 Å². The van der Waals surface area contributed by atoms with Crippen molar-refractivity contribution in [2.24, 2.45) is 0 Å². The highest BCUT2D eigenvalue weighted by molar-refractivity contribution is 7.87. The molecule has 102 valence electrons. The van der Waals surface area contributed by atoms with Gasteiger partial charge in [-0.15, -0.1) is 0 Å². The summed E-state index contributed by atoms with van der Waals surface area (Å²) in [4.78, 5) is 0. The topological polar surface area (TPSA) is 78.9 Å². The maximum absolute atomic E-state index is 11.9. The Balaban J connectivity index is 2.28. The molecular formula is C10H22N2O4S. The fourth-order valence-corrected chi connectivity index (χ4v) is 3.05. The molecule has 0 unspecified atom stereocenters. The van der Waals surface area contributed by atoms with Gasteiger partial charge in [-0.25, -0.2) is 0 Å². The summed E-state index contributed by atoms with van der Waals surface area (Å²) in [5, 5.41) is 8.49. The highest BCUT2D eigenvalue weighted by Crippen LogP contribution is 2.11. The highest BCUT2D eigenvalue weighted by Gasteiger charge is 2.21.